The van der Waals surface area contributed by atoms with E-state index in [9.17, 15) is 4.79 Å². The number of ether oxygens (including phenoxy) is 1. The molecule has 0 aliphatic carbocycles. The first-order valence-corrected chi connectivity index (χ1v) is 6.56. The third-order valence-corrected chi connectivity index (χ3v) is 3.16. The number of hydrogen-bond acceptors (Lipinski definition) is 5. The van der Waals surface area contributed by atoms with Gasteiger partial charge >= 0.3 is 5.97 Å². The SMILES string of the molecule is CCOc1cc(C)nc(N2CCCC(C(=O)O)C2)n1. The second kappa shape index (κ2) is 5.86. The lowest BCUT2D eigenvalue weighted by Gasteiger charge is -2.30. The van der Waals surface area contributed by atoms with Crippen LogP contribution in [0.3, 0.4) is 0 Å². The maximum Gasteiger partial charge on any atom is 0.308 e. The largest absolute Gasteiger partial charge is 0.481 e. The van der Waals surface area contributed by atoms with Crippen LogP contribution in [0.25, 0.3) is 0 Å². The van der Waals surface area contributed by atoms with Gasteiger partial charge in [-0.3, -0.25) is 4.79 Å². The third kappa shape index (κ3) is 3.33. The molecule has 19 heavy (non-hydrogen) atoms. The van der Waals surface area contributed by atoms with Crippen molar-refractivity contribution >= 4 is 11.9 Å². The fourth-order valence-electron chi connectivity index (χ4n) is 2.25. The Bertz CT molecular complexity index is 464. The molecule has 6 nitrogen and oxygen atoms in total. The number of carboxylic acid groups (broad SMARTS) is 1. The van der Waals surface area contributed by atoms with Gasteiger partial charge in [-0.15, -0.1) is 0 Å². The first-order chi connectivity index (χ1) is 9.10. The van der Waals surface area contributed by atoms with Gasteiger partial charge in [-0.2, -0.15) is 4.98 Å². The van der Waals surface area contributed by atoms with Gasteiger partial charge in [-0.1, -0.05) is 0 Å². The van der Waals surface area contributed by atoms with Gasteiger partial charge < -0.3 is 14.7 Å². The van der Waals surface area contributed by atoms with Gasteiger partial charge in [0.2, 0.25) is 11.8 Å². The van der Waals surface area contributed by atoms with Gasteiger partial charge in [-0.25, -0.2) is 4.98 Å². The Labute approximate surface area is 112 Å². The topological polar surface area (TPSA) is 75.5 Å². The molecule has 104 valence electrons. The van der Waals surface area contributed by atoms with Gasteiger partial charge in [0.1, 0.15) is 0 Å². The minimum absolute atomic E-state index is 0.339. The van der Waals surface area contributed by atoms with Crippen LogP contribution >= 0.6 is 0 Å². The monoisotopic (exact) mass is 265 g/mol. The molecule has 1 aliphatic heterocycles. The van der Waals surface area contributed by atoms with Crippen molar-refractivity contribution in [2.75, 3.05) is 24.6 Å². The highest BCUT2D eigenvalue weighted by molar-refractivity contribution is 5.71. The lowest BCUT2D eigenvalue weighted by atomic mass is 9.99. The van der Waals surface area contributed by atoms with Crippen molar-refractivity contribution in [2.24, 2.45) is 5.92 Å². The van der Waals surface area contributed by atoms with Crippen LogP contribution in [0, 0.1) is 12.8 Å². The number of piperidine rings is 1. The van der Waals surface area contributed by atoms with Crippen LogP contribution in [-0.4, -0.2) is 40.7 Å². The Kier molecular flexibility index (Phi) is 4.19. The maximum absolute atomic E-state index is 11.1. The van der Waals surface area contributed by atoms with E-state index in [1.54, 1.807) is 6.07 Å². The lowest BCUT2D eigenvalue weighted by molar-refractivity contribution is -0.141. The number of carbonyl (C=O) groups is 1. The average molecular weight is 265 g/mol. The number of aliphatic carboxylic acids is 1. The fourth-order valence-corrected chi connectivity index (χ4v) is 2.25. The highest BCUT2D eigenvalue weighted by Gasteiger charge is 2.27. The number of rotatable bonds is 4. The molecule has 1 aromatic heterocycles. The molecule has 0 bridgehead atoms. The predicted molar refractivity (Wildman–Crippen MR) is 70.5 cm³/mol. The van der Waals surface area contributed by atoms with E-state index < -0.39 is 5.97 Å². The van der Waals surface area contributed by atoms with Gasteiger partial charge in [0.15, 0.2) is 0 Å². The molecule has 1 saturated heterocycles. The number of carboxylic acids is 1. The van der Waals surface area contributed by atoms with Crippen molar-refractivity contribution in [2.45, 2.75) is 26.7 Å². The molecule has 1 atom stereocenters. The van der Waals surface area contributed by atoms with Crippen LogP contribution in [0.5, 0.6) is 5.88 Å². The Morgan fingerprint density at radius 3 is 3.05 bits per heavy atom. The molecule has 0 aromatic carbocycles. The number of aryl methyl sites for hydroxylation is 1. The van der Waals surface area contributed by atoms with Gasteiger partial charge in [0.25, 0.3) is 0 Å². The van der Waals surface area contributed by atoms with Crippen molar-refractivity contribution in [3.63, 3.8) is 0 Å². The van der Waals surface area contributed by atoms with Crippen LogP contribution in [0.2, 0.25) is 0 Å². The number of anilines is 1. The summed E-state index contributed by atoms with van der Waals surface area (Å²) < 4.78 is 5.40. The summed E-state index contributed by atoms with van der Waals surface area (Å²) in [5.41, 5.74) is 0.825. The van der Waals surface area contributed by atoms with Gasteiger partial charge in [0.05, 0.1) is 12.5 Å². The van der Waals surface area contributed by atoms with E-state index in [0.717, 1.165) is 25.1 Å². The maximum atomic E-state index is 11.1. The minimum atomic E-state index is -0.748. The molecule has 1 unspecified atom stereocenters. The van der Waals surface area contributed by atoms with E-state index in [1.807, 2.05) is 18.7 Å². The van der Waals surface area contributed by atoms with E-state index in [1.165, 1.54) is 0 Å². The second-order valence-electron chi connectivity index (χ2n) is 4.70. The standard InChI is InChI=1S/C13H19N3O3/c1-3-19-11-7-9(2)14-13(15-11)16-6-4-5-10(8-16)12(17)18/h7,10H,3-6,8H2,1-2H3,(H,17,18). The fraction of sp³-hybridized carbons (Fsp3) is 0.615. The van der Waals surface area contributed by atoms with Crippen molar-refractivity contribution in [1.82, 2.24) is 9.97 Å². The molecule has 1 aliphatic rings. The van der Waals surface area contributed by atoms with E-state index in [0.29, 0.717) is 25.0 Å². The van der Waals surface area contributed by atoms with Crippen LogP contribution in [0.1, 0.15) is 25.5 Å². The van der Waals surface area contributed by atoms with Crippen molar-refractivity contribution in [1.29, 1.82) is 0 Å². The molecule has 0 spiro atoms. The molecule has 2 heterocycles. The summed E-state index contributed by atoms with van der Waals surface area (Å²) in [6, 6.07) is 1.78. The molecule has 6 heteroatoms. The molecule has 1 aromatic rings. The Morgan fingerprint density at radius 1 is 1.58 bits per heavy atom. The molecular weight excluding hydrogens is 246 g/mol. The van der Waals surface area contributed by atoms with Crippen molar-refractivity contribution in [3.8, 4) is 5.88 Å². The summed E-state index contributed by atoms with van der Waals surface area (Å²) >= 11 is 0. The Morgan fingerprint density at radius 2 is 2.37 bits per heavy atom. The van der Waals surface area contributed by atoms with E-state index in [4.69, 9.17) is 9.84 Å². The summed E-state index contributed by atoms with van der Waals surface area (Å²) in [5, 5.41) is 9.10. The smallest absolute Gasteiger partial charge is 0.308 e. The molecule has 0 saturated carbocycles. The Hall–Kier alpha value is -1.85. The molecule has 2 rings (SSSR count). The second-order valence-corrected chi connectivity index (χ2v) is 4.70. The lowest BCUT2D eigenvalue weighted by Crippen LogP contribution is -2.39. The van der Waals surface area contributed by atoms with Crippen LogP contribution in [0.15, 0.2) is 6.07 Å². The van der Waals surface area contributed by atoms with E-state index in [-0.39, 0.29) is 5.92 Å². The van der Waals surface area contributed by atoms with E-state index >= 15 is 0 Å². The average Bonchev–Trinajstić information content (AvgIpc) is 2.38. The van der Waals surface area contributed by atoms with Crippen molar-refractivity contribution in [3.05, 3.63) is 11.8 Å². The van der Waals surface area contributed by atoms with Gasteiger partial charge in [-0.05, 0) is 26.7 Å². The van der Waals surface area contributed by atoms with Crippen molar-refractivity contribution < 1.29 is 14.6 Å². The first kappa shape index (κ1) is 13.6. The third-order valence-electron chi connectivity index (χ3n) is 3.16. The molecule has 0 radical (unpaired) electrons. The number of hydrogen-bond donors (Lipinski definition) is 1. The quantitative estimate of drug-likeness (QED) is 0.888. The van der Waals surface area contributed by atoms with E-state index in [2.05, 4.69) is 9.97 Å². The summed E-state index contributed by atoms with van der Waals surface area (Å²) in [4.78, 5) is 21.7. The number of nitrogens with zero attached hydrogens (tertiary/aromatic N) is 3. The summed E-state index contributed by atoms with van der Waals surface area (Å²) in [7, 11) is 0. The zero-order valence-electron chi connectivity index (χ0n) is 11.3. The van der Waals surface area contributed by atoms with Crippen LogP contribution in [-0.2, 0) is 4.79 Å². The highest BCUT2D eigenvalue weighted by Crippen LogP contribution is 2.22. The van der Waals surface area contributed by atoms with Crippen LogP contribution in [0.4, 0.5) is 5.95 Å². The zero-order valence-corrected chi connectivity index (χ0v) is 11.3. The zero-order chi connectivity index (χ0) is 13.8. The summed E-state index contributed by atoms with van der Waals surface area (Å²) in [5.74, 6) is 0.0210. The predicted octanol–water partition coefficient (Wildman–Crippen LogP) is 1.48. The molecule has 0 amide bonds. The highest BCUT2D eigenvalue weighted by atomic mass is 16.5. The summed E-state index contributed by atoms with van der Waals surface area (Å²) in [6.07, 6.45) is 1.56. The number of aromatic nitrogens is 2. The molecule has 1 N–H and O–H groups in total. The van der Waals surface area contributed by atoms with Crippen LogP contribution < -0.4 is 9.64 Å². The molecular formula is C13H19N3O3. The molecule has 1 fully saturated rings. The normalized spacial score (nSPS) is 19.3. The summed E-state index contributed by atoms with van der Waals surface area (Å²) in [6.45, 7) is 5.58. The van der Waals surface area contributed by atoms with Gasteiger partial charge in [0, 0.05) is 24.8 Å². The first-order valence-electron chi connectivity index (χ1n) is 6.56. The Balaban J connectivity index is 2.18. The minimum Gasteiger partial charge on any atom is -0.481 e.